The second-order valence-electron chi connectivity index (χ2n) is 7.55. The molecule has 0 aliphatic heterocycles. The molecule has 0 bridgehead atoms. The average molecular weight is 346 g/mol. The van der Waals surface area contributed by atoms with Crippen molar-refractivity contribution in [2.75, 3.05) is 0 Å². The summed E-state index contributed by atoms with van der Waals surface area (Å²) in [6.07, 6.45) is 8.77. The molecule has 0 N–H and O–H groups in total. The maximum atomic E-state index is 4.82. The van der Waals surface area contributed by atoms with Gasteiger partial charge in [0.1, 0.15) is 0 Å². The predicted octanol–water partition coefficient (Wildman–Crippen LogP) is 7.17. The second-order valence-corrected chi connectivity index (χ2v) is 7.55. The van der Waals surface area contributed by atoms with Crippen LogP contribution in [-0.4, -0.2) is 4.98 Å². The van der Waals surface area contributed by atoms with Crippen molar-refractivity contribution < 1.29 is 0 Å². The molecule has 0 saturated carbocycles. The standard InChI is InChI=1S/C25H31N/c1-6-9-18(4)24-15-20(16-26-25(24)7-2)21-10-8-11-22(21)23-14-17(3)12-13-19(23)5/h12-16H,4,6-11H2,1-3,5H3. The van der Waals surface area contributed by atoms with E-state index >= 15 is 0 Å². The Morgan fingerprint density at radius 1 is 1.08 bits per heavy atom. The van der Waals surface area contributed by atoms with E-state index in [1.807, 2.05) is 0 Å². The number of benzene rings is 1. The van der Waals surface area contributed by atoms with Crippen molar-refractivity contribution in [3.05, 3.63) is 70.6 Å². The summed E-state index contributed by atoms with van der Waals surface area (Å²) < 4.78 is 0. The quantitative estimate of drug-likeness (QED) is 0.541. The van der Waals surface area contributed by atoms with Crippen LogP contribution in [-0.2, 0) is 6.42 Å². The lowest BCUT2D eigenvalue weighted by Crippen LogP contribution is -1.99. The summed E-state index contributed by atoms with van der Waals surface area (Å²) in [5.74, 6) is 0. The summed E-state index contributed by atoms with van der Waals surface area (Å²) in [5.41, 5.74) is 12.1. The number of allylic oxidation sites excluding steroid dienone is 3. The summed E-state index contributed by atoms with van der Waals surface area (Å²) in [6, 6.07) is 9.16. The van der Waals surface area contributed by atoms with Crippen LogP contribution in [0.25, 0.3) is 16.7 Å². The molecule has 3 rings (SSSR count). The molecule has 0 amide bonds. The third-order valence-corrected chi connectivity index (χ3v) is 5.52. The van der Waals surface area contributed by atoms with Gasteiger partial charge in [0.25, 0.3) is 0 Å². The highest BCUT2D eigenvalue weighted by atomic mass is 14.7. The van der Waals surface area contributed by atoms with E-state index in [0.29, 0.717) is 0 Å². The molecule has 0 spiro atoms. The molecule has 1 aromatic carbocycles. The van der Waals surface area contributed by atoms with Crippen LogP contribution in [0.1, 0.15) is 79.5 Å². The predicted molar refractivity (Wildman–Crippen MR) is 114 cm³/mol. The highest BCUT2D eigenvalue weighted by Crippen LogP contribution is 2.41. The van der Waals surface area contributed by atoms with E-state index in [9.17, 15) is 0 Å². The molecule has 0 unspecified atom stereocenters. The Morgan fingerprint density at radius 2 is 1.85 bits per heavy atom. The van der Waals surface area contributed by atoms with E-state index in [2.05, 4.69) is 64.7 Å². The largest absolute Gasteiger partial charge is 0.260 e. The molecule has 26 heavy (non-hydrogen) atoms. The summed E-state index contributed by atoms with van der Waals surface area (Å²) in [4.78, 5) is 4.82. The lowest BCUT2D eigenvalue weighted by molar-refractivity contribution is 0.937. The molecule has 1 aliphatic carbocycles. The second kappa shape index (κ2) is 8.03. The Bertz CT molecular complexity index is 854. The molecule has 136 valence electrons. The van der Waals surface area contributed by atoms with Gasteiger partial charge >= 0.3 is 0 Å². The number of aromatic nitrogens is 1. The van der Waals surface area contributed by atoms with Gasteiger partial charge in [0.2, 0.25) is 0 Å². The monoisotopic (exact) mass is 345 g/mol. The Hall–Kier alpha value is -2.15. The molecule has 1 heterocycles. The van der Waals surface area contributed by atoms with Gasteiger partial charge in [-0.25, -0.2) is 0 Å². The lowest BCUT2D eigenvalue weighted by Gasteiger charge is -2.15. The minimum absolute atomic E-state index is 0.960. The van der Waals surface area contributed by atoms with Crippen LogP contribution in [0, 0.1) is 13.8 Å². The van der Waals surface area contributed by atoms with Gasteiger partial charge in [0.15, 0.2) is 0 Å². The molecular weight excluding hydrogens is 314 g/mol. The van der Waals surface area contributed by atoms with Crippen LogP contribution in [0.3, 0.4) is 0 Å². The number of pyridine rings is 1. The Kier molecular flexibility index (Phi) is 5.76. The van der Waals surface area contributed by atoms with Crippen molar-refractivity contribution >= 4 is 16.7 Å². The van der Waals surface area contributed by atoms with Crippen LogP contribution in [0.4, 0.5) is 0 Å². The molecule has 1 nitrogen and oxygen atoms in total. The molecule has 0 atom stereocenters. The van der Waals surface area contributed by atoms with Gasteiger partial charge in [-0.05, 0) is 91.0 Å². The van der Waals surface area contributed by atoms with E-state index in [-0.39, 0.29) is 0 Å². The van der Waals surface area contributed by atoms with Crippen molar-refractivity contribution in [3.8, 4) is 0 Å². The van der Waals surface area contributed by atoms with Gasteiger partial charge in [-0.1, -0.05) is 50.6 Å². The highest BCUT2D eigenvalue weighted by Gasteiger charge is 2.20. The van der Waals surface area contributed by atoms with Crippen LogP contribution < -0.4 is 0 Å². The minimum Gasteiger partial charge on any atom is -0.260 e. The maximum Gasteiger partial charge on any atom is 0.0476 e. The minimum atomic E-state index is 0.960. The van der Waals surface area contributed by atoms with Crippen molar-refractivity contribution in [2.45, 2.75) is 66.2 Å². The summed E-state index contributed by atoms with van der Waals surface area (Å²) >= 11 is 0. The first kappa shape index (κ1) is 18.6. The zero-order chi connectivity index (χ0) is 18.7. The lowest BCUT2D eigenvalue weighted by atomic mass is 9.91. The maximum absolute atomic E-state index is 4.82. The summed E-state index contributed by atoms with van der Waals surface area (Å²) in [6.45, 7) is 13.1. The van der Waals surface area contributed by atoms with Gasteiger partial charge < -0.3 is 0 Å². The average Bonchev–Trinajstić information content (AvgIpc) is 3.13. The van der Waals surface area contributed by atoms with Crippen molar-refractivity contribution in [3.63, 3.8) is 0 Å². The molecule has 0 saturated heterocycles. The van der Waals surface area contributed by atoms with Gasteiger partial charge in [-0.2, -0.15) is 0 Å². The van der Waals surface area contributed by atoms with E-state index in [1.54, 1.807) is 0 Å². The van der Waals surface area contributed by atoms with Gasteiger partial charge in [-0.15, -0.1) is 0 Å². The zero-order valence-electron chi connectivity index (χ0n) is 16.8. The number of aryl methyl sites for hydroxylation is 3. The fraction of sp³-hybridized carbons (Fsp3) is 0.400. The number of hydrogen-bond donors (Lipinski definition) is 0. The fourth-order valence-corrected chi connectivity index (χ4v) is 4.10. The van der Waals surface area contributed by atoms with Crippen LogP contribution in [0.15, 0.2) is 37.0 Å². The normalized spacial score (nSPS) is 14.2. The number of nitrogens with zero attached hydrogens (tertiary/aromatic N) is 1. The van der Waals surface area contributed by atoms with Crippen LogP contribution in [0.2, 0.25) is 0 Å². The van der Waals surface area contributed by atoms with E-state index in [0.717, 1.165) is 25.7 Å². The van der Waals surface area contributed by atoms with E-state index in [1.165, 1.54) is 63.1 Å². The Labute approximate surface area is 158 Å². The first-order valence-corrected chi connectivity index (χ1v) is 10.0. The molecule has 1 heteroatoms. The first-order valence-electron chi connectivity index (χ1n) is 10.0. The zero-order valence-corrected chi connectivity index (χ0v) is 16.8. The smallest absolute Gasteiger partial charge is 0.0476 e. The number of rotatable bonds is 6. The van der Waals surface area contributed by atoms with Gasteiger partial charge in [0.05, 0.1) is 0 Å². The van der Waals surface area contributed by atoms with E-state index < -0.39 is 0 Å². The van der Waals surface area contributed by atoms with Crippen LogP contribution in [0.5, 0.6) is 0 Å². The van der Waals surface area contributed by atoms with Crippen molar-refractivity contribution in [1.82, 2.24) is 4.98 Å². The first-order chi connectivity index (χ1) is 12.5. The van der Waals surface area contributed by atoms with E-state index in [4.69, 9.17) is 4.98 Å². The van der Waals surface area contributed by atoms with Gasteiger partial charge in [0, 0.05) is 11.9 Å². The molecule has 0 radical (unpaired) electrons. The van der Waals surface area contributed by atoms with Gasteiger partial charge in [-0.3, -0.25) is 4.98 Å². The molecular formula is C25H31N. The Morgan fingerprint density at radius 3 is 2.58 bits per heavy atom. The highest BCUT2D eigenvalue weighted by molar-refractivity contribution is 5.94. The van der Waals surface area contributed by atoms with Crippen LogP contribution >= 0.6 is 0 Å². The summed E-state index contributed by atoms with van der Waals surface area (Å²) in [5, 5.41) is 0. The summed E-state index contributed by atoms with van der Waals surface area (Å²) in [7, 11) is 0. The Balaban J connectivity index is 2.10. The molecule has 1 aliphatic rings. The topological polar surface area (TPSA) is 12.9 Å². The third kappa shape index (κ3) is 3.67. The molecule has 1 aromatic heterocycles. The van der Waals surface area contributed by atoms with Crippen molar-refractivity contribution in [2.24, 2.45) is 0 Å². The molecule has 0 fully saturated rings. The SMILES string of the molecule is C=C(CCC)c1cc(C2=C(c3cc(C)ccc3C)CCC2)cnc1CC. The fourth-order valence-electron chi connectivity index (χ4n) is 4.10. The van der Waals surface area contributed by atoms with Crippen molar-refractivity contribution in [1.29, 1.82) is 0 Å². The molecule has 2 aromatic rings. The third-order valence-electron chi connectivity index (χ3n) is 5.52. The number of hydrogen-bond acceptors (Lipinski definition) is 1.